The predicted octanol–water partition coefficient (Wildman–Crippen LogP) is 3.40. The predicted molar refractivity (Wildman–Crippen MR) is 97.6 cm³/mol. The van der Waals surface area contributed by atoms with Crippen LogP contribution in [0.3, 0.4) is 0 Å². The van der Waals surface area contributed by atoms with Crippen molar-refractivity contribution in [3.8, 4) is 0 Å². The van der Waals surface area contributed by atoms with Gasteiger partial charge >= 0.3 is 0 Å². The van der Waals surface area contributed by atoms with Gasteiger partial charge in [-0.15, -0.1) is 0 Å². The Bertz CT molecular complexity index is 681. The number of amides is 1. The van der Waals surface area contributed by atoms with Crippen molar-refractivity contribution in [1.29, 1.82) is 0 Å². The van der Waals surface area contributed by atoms with E-state index < -0.39 is 16.5 Å². The van der Waals surface area contributed by atoms with Crippen molar-refractivity contribution in [3.05, 3.63) is 29.8 Å². The van der Waals surface area contributed by atoms with Gasteiger partial charge in [0.05, 0.1) is 28.7 Å². The third kappa shape index (κ3) is 2.85. The number of nitrogens with zero attached hydrogens (tertiary/aromatic N) is 1. The van der Waals surface area contributed by atoms with Crippen molar-refractivity contribution in [2.45, 2.75) is 74.3 Å². The highest BCUT2D eigenvalue weighted by Gasteiger charge is 2.57. The molecule has 2 saturated heterocycles. The molecule has 1 amide bonds. The molecule has 0 N–H and O–H groups in total. The van der Waals surface area contributed by atoms with E-state index in [1.807, 2.05) is 36.1 Å². The standard InChI is InChI=1S/C20H27NO3S/c1-14-6-8-16(9-7-14)25(23)19-15(2)12-18(22)21-17(19)13-24-20(21)10-4-3-5-11-20/h6-9,15,17,19H,3-5,10-13H2,1-2H3/t15-,17?,19?,25?/m1/s1. The van der Waals surface area contributed by atoms with Crippen molar-refractivity contribution in [3.63, 3.8) is 0 Å². The van der Waals surface area contributed by atoms with Gasteiger partial charge in [0.2, 0.25) is 5.91 Å². The van der Waals surface area contributed by atoms with E-state index in [-0.39, 0.29) is 23.1 Å². The van der Waals surface area contributed by atoms with Crippen LogP contribution in [0.4, 0.5) is 0 Å². The van der Waals surface area contributed by atoms with Crippen LogP contribution in [0.2, 0.25) is 0 Å². The van der Waals surface area contributed by atoms with E-state index in [2.05, 4.69) is 6.92 Å². The molecule has 4 rings (SSSR count). The van der Waals surface area contributed by atoms with E-state index in [9.17, 15) is 9.00 Å². The first-order chi connectivity index (χ1) is 12.0. The minimum Gasteiger partial charge on any atom is -0.353 e. The Kier molecular flexibility index (Phi) is 4.49. The number of fused-ring (bicyclic) bond motifs is 2. The minimum atomic E-state index is -1.13. The normalized spacial score (nSPS) is 32.6. The fourth-order valence-electron chi connectivity index (χ4n) is 4.88. The highest BCUT2D eigenvalue weighted by Crippen LogP contribution is 2.46. The van der Waals surface area contributed by atoms with Gasteiger partial charge in [0.25, 0.3) is 0 Å². The van der Waals surface area contributed by atoms with Gasteiger partial charge in [-0.1, -0.05) is 31.0 Å². The van der Waals surface area contributed by atoms with Gasteiger partial charge in [-0.2, -0.15) is 0 Å². The molecule has 2 aliphatic heterocycles. The second kappa shape index (κ2) is 6.51. The van der Waals surface area contributed by atoms with Gasteiger partial charge in [-0.05, 0) is 50.7 Å². The number of rotatable bonds is 2. The fraction of sp³-hybridized carbons (Fsp3) is 0.650. The van der Waals surface area contributed by atoms with Crippen molar-refractivity contribution in [1.82, 2.24) is 4.90 Å². The second-order valence-corrected chi connectivity index (χ2v) is 9.52. The van der Waals surface area contributed by atoms with Crippen molar-refractivity contribution in [2.75, 3.05) is 6.61 Å². The average Bonchev–Trinajstić information content (AvgIpc) is 2.95. The van der Waals surface area contributed by atoms with Gasteiger partial charge in [-0.25, -0.2) is 0 Å². The maximum atomic E-state index is 13.4. The van der Waals surface area contributed by atoms with Gasteiger partial charge in [0.15, 0.2) is 0 Å². The maximum Gasteiger partial charge on any atom is 0.225 e. The molecule has 0 bridgehead atoms. The van der Waals surface area contributed by atoms with E-state index in [0.29, 0.717) is 13.0 Å². The summed E-state index contributed by atoms with van der Waals surface area (Å²) in [6, 6.07) is 7.89. The number of benzene rings is 1. The lowest BCUT2D eigenvalue weighted by atomic mass is 9.86. The minimum absolute atomic E-state index is 0.0540. The third-order valence-corrected chi connectivity index (χ3v) is 8.14. The summed E-state index contributed by atoms with van der Waals surface area (Å²) in [5, 5.41) is -0.0540. The molecule has 136 valence electrons. The second-order valence-electron chi connectivity index (χ2n) is 7.91. The molecule has 0 aromatic heterocycles. The Balaban J connectivity index is 1.65. The van der Waals surface area contributed by atoms with E-state index in [1.54, 1.807) is 0 Å². The highest BCUT2D eigenvalue weighted by molar-refractivity contribution is 7.85. The molecule has 3 aliphatic rings. The number of hydrogen-bond acceptors (Lipinski definition) is 3. The van der Waals surface area contributed by atoms with Crippen LogP contribution < -0.4 is 0 Å². The smallest absolute Gasteiger partial charge is 0.225 e. The molecular formula is C20H27NO3S. The summed E-state index contributed by atoms with van der Waals surface area (Å²) >= 11 is 0. The molecule has 2 heterocycles. The summed E-state index contributed by atoms with van der Waals surface area (Å²) in [6.45, 7) is 4.63. The summed E-state index contributed by atoms with van der Waals surface area (Å²) in [5.41, 5.74) is 0.746. The Hall–Kier alpha value is -1.20. The summed E-state index contributed by atoms with van der Waals surface area (Å²) in [5.74, 6) is 0.298. The highest BCUT2D eigenvalue weighted by atomic mass is 32.2. The Morgan fingerprint density at radius 3 is 2.52 bits per heavy atom. The Morgan fingerprint density at radius 2 is 1.84 bits per heavy atom. The summed E-state index contributed by atoms with van der Waals surface area (Å²) < 4.78 is 19.6. The molecule has 5 heteroatoms. The van der Waals surface area contributed by atoms with Gasteiger partial charge < -0.3 is 9.64 Å². The first-order valence-corrected chi connectivity index (χ1v) is 10.7. The van der Waals surface area contributed by atoms with Crippen LogP contribution in [0.25, 0.3) is 0 Å². The zero-order chi connectivity index (χ0) is 17.6. The quantitative estimate of drug-likeness (QED) is 0.811. The number of ether oxygens (including phenoxy) is 1. The lowest BCUT2D eigenvalue weighted by Crippen LogP contribution is -2.60. The van der Waals surface area contributed by atoms with Crippen molar-refractivity contribution in [2.24, 2.45) is 5.92 Å². The summed E-state index contributed by atoms with van der Waals surface area (Å²) in [7, 11) is -1.13. The number of piperidine rings is 1. The molecule has 1 aromatic carbocycles. The number of carbonyl (C=O) groups excluding carboxylic acids is 1. The molecule has 4 nitrogen and oxygen atoms in total. The molecule has 3 fully saturated rings. The van der Waals surface area contributed by atoms with E-state index in [1.165, 1.54) is 12.0 Å². The lowest BCUT2D eigenvalue weighted by Gasteiger charge is -2.47. The van der Waals surface area contributed by atoms with Crippen LogP contribution in [0.5, 0.6) is 0 Å². The molecule has 1 saturated carbocycles. The molecule has 25 heavy (non-hydrogen) atoms. The monoisotopic (exact) mass is 361 g/mol. The number of hydrogen-bond donors (Lipinski definition) is 0. The summed E-state index contributed by atoms with van der Waals surface area (Å²) in [4.78, 5) is 15.7. The van der Waals surface area contributed by atoms with Crippen LogP contribution in [0, 0.1) is 12.8 Å². The largest absolute Gasteiger partial charge is 0.353 e. The number of aryl methyl sites for hydroxylation is 1. The fourth-order valence-corrected chi connectivity index (χ4v) is 6.61. The van der Waals surface area contributed by atoms with E-state index in [0.717, 1.165) is 30.6 Å². The first-order valence-electron chi connectivity index (χ1n) is 9.45. The molecule has 1 aliphatic carbocycles. The average molecular weight is 362 g/mol. The SMILES string of the molecule is Cc1ccc(S(=O)C2C3COC4(CCCCC4)N3C(=O)C[C@H]2C)cc1. The van der Waals surface area contributed by atoms with Gasteiger partial charge in [0.1, 0.15) is 5.72 Å². The molecular weight excluding hydrogens is 334 g/mol. The van der Waals surface area contributed by atoms with Crippen LogP contribution >= 0.6 is 0 Å². The van der Waals surface area contributed by atoms with Crippen LogP contribution in [-0.4, -0.2) is 38.6 Å². The number of carbonyl (C=O) groups is 1. The van der Waals surface area contributed by atoms with Crippen LogP contribution in [-0.2, 0) is 20.3 Å². The Morgan fingerprint density at radius 1 is 1.16 bits per heavy atom. The van der Waals surface area contributed by atoms with E-state index in [4.69, 9.17) is 4.74 Å². The van der Waals surface area contributed by atoms with Gasteiger partial charge in [0, 0.05) is 11.3 Å². The molecule has 3 unspecified atom stereocenters. The van der Waals surface area contributed by atoms with Crippen LogP contribution in [0.1, 0.15) is 51.0 Å². The van der Waals surface area contributed by atoms with E-state index >= 15 is 0 Å². The zero-order valence-electron chi connectivity index (χ0n) is 15.1. The maximum absolute atomic E-state index is 13.4. The van der Waals surface area contributed by atoms with Crippen molar-refractivity contribution < 1.29 is 13.7 Å². The summed E-state index contributed by atoms with van der Waals surface area (Å²) in [6.07, 6.45) is 5.76. The Labute approximate surface area is 152 Å². The molecule has 1 aromatic rings. The van der Waals surface area contributed by atoms with Gasteiger partial charge in [-0.3, -0.25) is 9.00 Å². The van der Waals surface area contributed by atoms with Crippen molar-refractivity contribution >= 4 is 16.7 Å². The lowest BCUT2D eigenvalue weighted by molar-refractivity contribution is -0.161. The first kappa shape index (κ1) is 17.2. The third-order valence-electron chi connectivity index (χ3n) is 6.13. The molecule has 4 atom stereocenters. The molecule has 0 radical (unpaired) electrons. The molecule has 1 spiro atoms. The zero-order valence-corrected chi connectivity index (χ0v) is 15.9. The van der Waals surface area contributed by atoms with Crippen LogP contribution in [0.15, 0.2) is 29.2 Å². The topological polar surface area (TPSA) is 46.6 Å².